The molecule has 0 spiro atoms. The summed E-state index contributed by atoms with van der Waals surface area (Å²) in [5.74, 6) is 0.0354. The number of carbonyl (C=O) groups excluding carboxylic acids is 2. The highest BCUT2D eigenvalue weighted by atomic mass is 32.2. The fourth-order valence-electron chi connectivity index (χ4n) is 2.76. The van der Waals surface area contributed by atoms with Crippen LogP contribution in [0.3, 0.4) is 0 Å². The van der Waals surface area contributed by atoms with E-state index in [2.05, 4.69) is 16.0 Å². The highest BCUT2D eigenvalue weighted by Gasteiger charge is 2.17. The molecule has 0 heterocycles. The molecule has 0 bridgehead atoms. The lowest BCUT2D eigenvalue weighted by Crippen LogP contribution is -2.29. The normalized spacial score (nSPS) is 11.1. The van der Waals surface area contributed by atoms with Crippen molar-refractivity contribution in [1.82, 2.24) is 5.32 Å². The van der Waals surface area contributed by atoms with Crippen molar-refractivity contribution in [1.29, 1.82) is 0 Å². The molecule has 0 unspecified atom stereocenters. The zero-order valence-electron chi connectivity index (χ0n) is 18.2. The molecule has 2 rings (SSSR count). The van der Waals surface area contributed by atoms with Gasteiger partial charge >= 0.3 is 0 Å². The molecule has 0 aromatic heterocycles. The van der Waals surface area contributed by atoms with Crippen LogP contribution >= 0.6 is 0 Å². The molecule has 2 aromatic carbocycles. The fraction of sp³-hybridized carbons (Fsp3) is 0.364. The second-order valence-corrected chi connectivity index (χ2v) is 9.40. The second kappa shape index (κ2) is 10.8. The predicted molar refractivity (Wildman–Crippen MR) is 121 cm³/mol. The van der Waals surface area contributed by atoms with Gasteiger partial charge in [-0.3, -0.25) is 9.59 Å². The lowest BCUT2D eigenvalue weighted by molar-refractivity contribution is -0.114. The molecule has 0 radical (unpaired) electrons. The Balaban J connectivity index is 2.11. The molecule has 0 fully saturated rings. The molecule has 168 valence electrons. The third kappa shape index (κ3) is 7.29. The predicted octanol–water partition coefficient (Wildman–Crippen LogP) is 2.93. The van der Waals surface area contributed by atoms with Crippen LogP contribution in [0, 0.1) is 5.92 Å². The van der Waals surface area contributed by atoms with E-state index in [4.69, 9.17) is 4.74 Å². The van der Waals surface area contributed by atoms with E-state index in [1.807, 2.05) is 13.8 Å². The number of rotatable bonds is 10. The van der Waals surface area contributed by atoms with Crippen molar-refractivity contribution < 1.29 is 22.7 Å². The summed E-state index contributed by atoms with van der Waals surface area (Å²) in [7, 11) is -3.54. The van der Waals surface area contributed by atoms with E-state index in [0.29, 0.717) is 41.8 Å². The first-order chi connectivity index (χ1) is 14.6. The summed E-state index contributed by atoms with van der Waals surface area (Å²) in [6.45, 7) is 6.53. The summed E-state index contributed by atoms with van der Waals surface area (Å²) in [5, 5.41) is 8.38. The molecule has 0 saturated heterocycles. The van der Waals surface area contributed by atoms with Crippen LogP contribution in [0.4, 0.5) is 11.4 Å². The van der Waals surface area contributed by atoms with E-state index in [1.54, 1.807) is 43.3 Å². The van der Waals surface area contributed by atoms with Gasteiger partial charge in [-0.05, 0) is 37.1 Å². The first-order valence-corrected chi connectivity index (χ1v) is 11.9. The maximum atomic E-state index is 12.5. The summed E-state index contributed by atoms with van der Waals surface area (Å²) < 4.78 is 29.6. The molecule has 31 heavy (non-hydrogen) atoms. The van der Waals surface area contributed by atoms with Crippen molar-refractivity contribution in [2.75, 3.05) is 36.6 Å². The van der Waals surface area contributed by atoms with Gasteiger partial charge in [-0.15, -0.1) is 0 Å². The van der Waals surface area contributed by atoms with Crippen molar-refractivity contribution in [3.05, 3.63) is 48.0 Å². The average molecular weight is 448 g/mol. The maximum absolute atomic E-state index is 12.5. The van der Waals surface area contributed by atoms with Gasteiger partial charge in [0.2, 0.25) is 5.91 Å². The summed E-state index contributed by atoms with van der Waals surface area (Å²) in [5.41, 5.74) is 1.03. The minimum atomic E-state index is -3.54. The molecular weight excluding hydrogens is 418 g/mol. The molecule has 0 aliphatic rings. The Morgan fingerprint density at radius 3 is 2.42 bits per heavy atom. The number of sulfone groups is 1. The number of amides is 2. The molecule has 8 nitrogen and oxygen atoms in total. The standard InChI is InChI=1S/C22H29N3O5S/c1-5-30-16-10-11-19(20(12-16)31(4,28)29)23-14-21(26)25-18-9-7-6-8-17(18)22(27)24-13-15(2)3/h6-12,15,23H,5,13-14H2,1-4H3,(H,24,27)(H,25,26). The SMILES string of the molecule is CCOc1ccc(NCC(=O)Nc2ccccc2C(=O)NCC(C)C)c(S(C)(=O)=O)c1. The molecule has 0 aliphatic heterocycles. The van der Waals surface area contributed by atoms with Crippen molar-refractivity contribution in [3.8, 4) is 5.75 Å². The summed E-state index contributed by atoms with van der Waals surface area (Å²) in [4.78, 5) is 24.9. The minimum Gasteiger partial charge on any atom is -0.494 e. The number of ether oxygens (including phenoxy) is 1. The van der Waals surface area contributed by atoms with E-state index in [1.165, 1.54) is 6.07 Å². The third-order valence-corrected chi connectivity index (χ3v) is 5.36. The highest BCUT2D eigenvalue weighted by Crippen LogP contribution is 2.26. The smallest absolute Gasteiger partial charge is 0.253 e. The number of anilines is 2. The van der Waals surface area contributed by atoms with Gasteiger partial charge in [-0.1, -0.05) is 26.0 Å². The van der Waals surface area contributed by atoms with Gasteiger partial charge in [-0.2, -0.15) is 0 Å². The van der Waals surface area contributed by atoms with Gasteiger partial charge in [-0.25, -0.2) is 8.42 Å². The monoisotopic (exact) mass is 447 g/mol. The van der Waals surface area contributed by atoms with Gasteiger partial charge in [0.15, 0.2) is 9.84 Å². The highest BCUT2D eigenvalue weighted by molar-refractivity contribution is 7.90. The quantitative estimate of drug-likeness (QED) is 0.516. The number of hydrogen-bond donors (Lipinski definition) is 3. The van der Waals surface area contributed by atoms with Crippen LogP contribution in [0.25, 0.3) is 0 Å². The summed E-state index contributed by atoms with van der Waals surface area (Å²) in [6.07, 6.45) is 1.09. The van der Waals surface area contributed by atoms with Gasteiger partial charge in [0.05, 0.1) is 35.0 Å². The molecule has 0 saturated carbocycles. The Morgan fingerprint density at radius 2 is 1.77 bits per heavy atom. The average Bonchev–Trinajstić information content (AvgIpc) is 2.71. The molecule has 0 atom stereocenters. The summed E-state index contributed by atoms with van der Waals surface area (Å²) >= 11 is 0. The Labute approximate surface area is 183 Å². The van der Waals surface area contributed by atoms with E-state index in [-0.39, 0.29) is 17.3 Å². The zero-order valence-corrected chi connectivity index (χ0v) is 19.0. The second-order valence-electron chi connectivity index (χ2n) is 7.41. The number of benzene rings is 2. The van der Waals surface area contributed by atoms with Crippen molar-refractivity contribution in [2.24, 2.45) is 5.92 Å². The van der Waals surface area contributed by atoms with Crippen LogP contribution in [0.1, 0.15) is 31.1 Å². The molecule has 3 N–H and O–H groups in total. The number of hydrogen-bond acceptors (Lipinski definition) is 6. The van der Waals surface area contributed by atoms with Crippen LogP contribution in [-0.4, -0.2) is 46.2 Å². The number of nitrogens with one attached hydrogen (secondary N) is 3. The van der Waals surface area contributed by atoms with Crippen molar-refractivity contribution in [2.45, 2.75) is 25.7 Å². The van der Waals surface area contributed by atoms with Gasteiger partial charge in [0, 0.05) is 18.9 Å². The Kier molecular flexibility index (Phi) is 8.44. The number of para-hydroxylation sites is 1. The van der Waals surface area contributed by atoms with E-state index < -0.39 is 15.7 Å². The lowest BCUT2D eigenvalue weighted by Gasteiger charge is -2.14. The van der Waals surface area contributed by atoms with Crippen LogP contribution in [0.2, 0.25) is 0 Å². The van der Waals surface area contributed by atoms with Crippen LogP contribution < -0.4 is 20.7 Å². The molecule has 9 heteroatoms. The van der Waals surface area contributed by atoms with Crippen LogP contribution in [0.5, 0.6) is 5.75 Å². The van der Waals surface area contributed by atoms with Crippen LogP contribution in [0.15, 0.2) is 47.4 Å². The topological polar surface area (TPSA) is 114 Å². The first kappa shape index (κ1) is 24.2. The van der Waals surface area contributed by atoms with Crippen LogP contribution in [-0.2, 0) is 14.6 Å². The zero-order chi connectivity index (χ0) is 23.0. The van der Waals surface area contributed by atoms with Gasteiger partial charge in [0.1, 0.15) is 5.75 Å². The van der Waals surface area contributed by atoms with E-state index in [9.17, 15) is 18.0 Å². The molecule has 0 aliphatic carbocycles. The largest absolute Gasteiger partial charge is 0.494 e. The van der Waals surface area contributed by atoms with Gasteiger partial charge in [0.25, 0.3) is 5.91 Å². The van der Waals surface area contributed by atoms with E-state index in [0.717, 1.165) is 6.26 Å². The molecule has 2 aromatic rings. The minimum absolute atomic E-state index is 0.0414. The Morgan fingerprint density at radius 1 is 1.06 bits per heavy atom. The summed E-state index contributed by atoms with van der Waals surface area (Å²) in [6, 6.07) is 11.3. The maximum Gasteiger partial charge on any atom is 0.253 e. The van der Waals surface area contributed by atoms with Gasteiger partial charge < -0.3 is 20.7 Å². The first-order valence-electron chi connectivity index (χ1n) is 9.99. The van der Waals surface area contributed by atoms with E-state index >= 15 is 0 Å². The lowest BCUT2D eigenvalue weighted by atomic mass is 10.1. The van der Waals surface area contributed by atoms with Crippen molar-refractivity contribution >= 4 is 33.0 Å². The molecular formula is C22H29N3O5S. The Bertz CT molecular complexity index is 1040. The fourth-order valence-corrected chi connectivity index (χ4v) is 3.63. The molecule has 2 amide bonds. The number of carbonyl (C=O) groups is 2. The Hall–Kier alpha value is -3.07. The third-order valence-electron chi connectivity index (χ3n) is 4.22. The van der Waals surface area contributed by atoms with Crippen molar-refractivity contribution in [3.63, 3.8) is 0 Å².